The number of aromatic nitrogens is 4. The van der Waals surface area contributed by atoms with Crippen LogP contribution in [0.2, 0.25) is 0 Å². The summed E-state index contributed by atoms with van der Waals surface area (Å²) >= 11 is 0. The van der Waals surface area contributed by atoms with Crippen LogP contribution in [0.4, 0.5) is 31.1 Å². The monoisotopic (exact) mass is 534 g/mol. The van der Waals surface area contributed by atoms with Crippen molar-refractivity contribution in [2.45, 2.75) is 44.7 Å². The highest BCUT2D eigenvalue weighted by molar-refractivity contribution is 5.75. The maximum Gasteiger partial charge on any atom is 0.414 e. The molecule has 0 saturated heterocycles. The highest BCUT2D eigenvalue weighted by atomic mass is 19.4. The number of fused-ring (bicyclic) bond motifs is 1. The molecular formula is C22H24F6N6O3. The Labute approximate surface area is 207 Å². The lowest BCUT2D eigenvalue weighted by molar-refractivity contribution is -0.180. The molecule has 0 saturated carbocycles. The average Bonchev–Trinajstić information content (AvgIpc) is 3.32. The number of nitrogens with one attached hydrogen (secondary N) is 1. The van der Waals surface area contributed by atoms with Gasteiger partial charge >= 0.3 is 18.4 Å². The topological polar surface area (TPSA) is 93.9 Å². The number of ether oxygens (including phenoxy) is 2. The van der Waals surface area contributed by atoms with Gasteiger partial charge in [0.05, 0.1) is 31.8 Å². The summed E-state index contributed by atoms with van der Waals surface area (Å²) in [5.74, 6) is 0.150. The second-order valence-electron chi connectivity index (χ2n) is 7.79. The molecule has 0 spiro atoms. The third kappa shape index (κ3) is 5.80. The number of carbonyl (C=O) groups excluding carboxylic acids is 1. The minimum atomic E-state index is -5.08. The van der Waals surface area contributed by atoms with Gasteiger partial charge in [-0.25, -0.2) is 14.8 Å². The quantitative estimate of drug-likeness (QED) is 0.418. The van der Waals surface area contributed by atoms with Gasteiger partial charge in [-0.1, -0.05) is 6.92 Å². The lowest BCUT2D eigenvalue weighted by atomic mass is 10.1. The SMILES string of the molecule is CC[C@H](NC(=O)N(CC)C(c1cc(-c2cn3ccnc3c(OC)n2)c(OC)cn1)C(F)(F)F)C(F)(F)F. The summed E-state index contributed by atoms with van der Waals surface area (Å²) in [6.45, 7) is 1.82. The van der Waals surface area contributed by atoms with Gasteiger partial charge in [-0.2, -0.15) is 26.3 Å². The van der Waals surface area contributed by atoms with Crippen LogP contribution in [0.15, 0.2) is 30.9 Å². The van der Waals surface area contributed by atoms with E-state index in [1.54, 1.807) is 11.5 Å². The summed E-state index contributed by atoms with van der Waals surface area (Å²) in [5, 5.41) is 1.65. The van der Waals surface area contributed by atoms with E-state index in [1.807, 2.05) is 0 Å². The fourth-order valence-electron chi connectivity index (χ4n) is 3.74. The number of hydrogen-bond donors (Lipinski definition) is 1. The standard InChI is InChI=1S/C22H24F6N6O3/c1-5-16(21(23,24)25)32-20(35)34(6-2)17(22(26,27)28)13-9-12(15(36-3)10-30-13)14-11-33-8-7-29-18(33)19(31-14)37-4/h7-11,16-17H,5-6H2,1-4H3,(H,32,35)/t16-,17?/m0/s1. The van der Waals surface area contributed by atoms with E-state index >= 15 is 0 Å². The highest BCUT2D eigenvalue weighted by Gasteiger charge is 2.49. The van der Waals surface area contributed by atoms with Crippen LogP contribution in [0.25, 0.3) is 16.9 Å². The van der Waals surface area contributed by atoms with Crippen LogP contribution in [-0.4, -0.2) is 69.4 Å². The molecule has 0 fully saturated rings. The number of pyridine rings is 1. The van der Waals surface area contributed by atoms with Crippen LogP contribution >= 0.6 is 0 Å². The number of carbonyl (C=O) groups is 1. The van der Waals surface area contributed by atoms with Crippen molar-refractivity contribution >= 4 is 11.7 Å². The molecule has 0 aromatic carbocycles. The normalized spacial score (nSPS) is 13.8. The molecule has 3 rings (SSSR count). The van der Waals surface area contributed by atoms with Gasteiger partial charge in [0.25, 0.3) is 5.88 Å². The van der Waals surface area contributed by atoms with E-state index in [2.05, 4.69) is 15.0 Å². The lowest BCUT2D eigenvalue weighted by Gasteiger charge is -2.33. The van der Waals surface area contributed by atoms with Gasteiger partial charge in [0.2, 0.25) is 0 Å². The molecule has 9 nitrogen and oxygen atoms in total. The molecule has 3 heterocycles. The molecule has 0 radical (unpaired) electrons. The van der Waals surface area contributed by atoms with E-state index < -0.39 is 49.1 Å². The largest absolute Gasteiger partial charge is 0.494 e. The molecule has 1 unspecified atom stereocenters. The zero-order valence-corrected chi connectivity index (χ0v) is 20.2. The van der Waals surface area contributed by atoms with E-state index in [1.165, 1.54) is 37.9 Å². The van der Waals surface area contributed by atoms with E-state index in [4.69, 9.17) is 9.47 Å². The summed E-state index contributed by atoms with van der Waals surface area (Å²) in [6.07, 6.45) is -4.92. The first-order valence-electron chi connectivity index (χ1n) is 11.0. The molecule has 2 amide bonds. The van der Waals surface area contributed by atoms with E-state index in [0.717, 1.165) is 19.2 Å². The van der Waals surface area contributed by atoms with Crippen molar-refractivity contribution in [1.29, 1.82) is 0 Å². The fourth-order valence-corrected chi connectivity index (χ4v) is 3.74. The van der Waals surface area contributed by atoms with E-state index in [9.17, 15) is 31.1 Å². The molecular weight excluding hydrogens is 510 g/mol. The Balaban J connectivity index is 2.12. The predicted molar refractivity (Wildman–Crippen MR) is 119 cm³/mol. The molecule has 37 heavy (non-hydrogen) atoms. The van der Waals surface area contributed by atoms with Crippen LogP contribution in [0.1, 0.15) is 32.0 Å². The van der Waals surface area contributed by atoms with Crippen molar-refractivity contribution in [3.05, 3.63) is 36.5 Å². The number of urea groups is 1. The number of imidazole rings is 1. The predicted octanol–water partition coefficient (Wildman–Crippen LogP) is 4.78. The molecule has 15 heteroatoms. The highest BCUT2D eigenvalue weighted by Crippen LogP contribution is 2.40. The number of methoxy groups -OCH3 is 2. The number of amides is 2. The minimum absolute atomic E-state index is 0.0642. The molecule has 2 atom stereocenters. The van der Waals surface area contributed by atoms with E-state index in [-0.39, 0.29) is 27.8 Å². The van der Waals surface area contributed by atoms with Crippen LogP contribution < -0.4 is 14.8 Å². The Hall–Kier alpha value is -3.78. The van der Waals surface area contributed by atoms with E-state index in [0.29, 0.717) is 5.65 Å². The second-order valence-corrected chi connectivity index (χ2v) is 7.79. The van der Waals surface area contributed by atoms with Gasteiger partial charge in [0.15, 0.2) is 11.7 Å². The molecule has 3 aromatic rings. The minimum Gasteiger partial charge on any atom is -0.494 e. The van der Waals surface area contributed by atoms with Gasteiger partial charge in [0, 0.05) is 30.7 Å². The molecule has 0 bridgehead atoms. The molecule has 0 aliphatic carbocycles. The fraction of sp³-hybridized carbons (Fsp3) is 0.455. The van der Waals surface area contributed by atoms with Gasteiger partial charge in [0.1, 0.15) is 11.8 Å². The van der Waals surface area contributed by atoms with Gasteiger partial charge in [-0.3, -0.25) is 4.98 Å². The Morgan fingerprint density at radius 1 is 1.11 bits per heavy atom. The van der Waals surface area contributed by atoms with Crippen LogP contribution in [0, 0.1) is 0 Å². The first-order chi connectivity index (χ1) is 17.3. The zero-order chi connectivity index (χ0) is 27.5. The summed E-state index contributed by atoms with van der Waals surface area (Å²) in [4.78, 5) is 25.1. The van der Waals surface area contributed by atoms with Crippen molar-refractivity contribution in [3.63, 3.8) is 0 Å². The third-order valence-corrected chi connectivity index (χ3v) is 5.53. The van der Waals surface area contributed by atoms with Crippen molar-refractivity contribution in [2.75, 3.05) is 20.8 Å². The maximum absolute atomic E-state index is 14.3. The maximum atomic E-state index is 14.3. The van der Waals surface area contributed by atoms with Crippen LogP contribution in [0.3, 0.4) is 0 Å². The number of rotatable bonds is 8. The average molecular weight is 534 g/mol. The number of hydrogen-bond acceptors (Lipinski definition) is 6. The Morgan fingerprint density at radius 3 is 2.35 bits per heavy atom. The van der Waals surface area contributed by atoms with Crippen LogP contribution in [-0.2, 0) is 0 Å². The Bertz CT molecular complexity index is 1250. The van der Waals surface area contributed by atoms with Gasteiger partial charge < -0.3 is 24.1 Å². The number of alkyl halides is 6. The van der Waals surface area contributed by atoms with Gasteiger partial charge in [-0.05, 0) is 19.4 Å². The molecule has 0 aliphatic rings. The lowest BCUT2D eigenvalue weighted by Crippen LogP contribution is -2.53. The molecule has 1 N–H and O–H groups in total. The molecule has 3 aromatic heterocycles. The first-order valence-corrected chi connectivity index (χ1v) is 11.0. The second kappa shape index (κ2) is 10.7. The third-order valence-electron chi connectivity index (χ3n) is 5.53. The number of nitrogens with zero attached hydrogens (tertiary/aromatic N) is 5. The summed E-state index contributed by atoms with van der Waals surface area (Å²) in [7, 11) is 2.63. The van der Waals surface area contributed by atoms with Crippen molar-refractivity contribution in [3.8, 4) is 22.9 Å². The van der Waals surface area contributed by atoms with Crippen LogP contribution in [0.5, 0.6) is 11.6 Å². The summed E-state index contributed by atoms with van der Waals surface area (Å²) in [6, 6.07) is -5.49. The smallest absolute Gasteiger partial charge is 0.414 e. The first kappa shape index (κ1) is 27.8. The molecule has 0 aliphatic heterocycles. The zero-order valence-electron chi connectivity index (χ0n) is 20.2. The summed E-state index contributed by atoms with van der Waals surface area (Å²) < 4.78 is 94.4. The molecule has 202 valence electrons. The van der Waals surface area contributed by atoms with Crippen molar-refractivity contribution in [2.24, 2.45) is 0 Å². The van der Waals surface area contributed by atoms with Crippen molar-refractivity contribution < 1.29 is 40.6 Å². The summed E-state index contributed by atoms with van der Waals surface area (Å²) in [5.41, 5.74) is -0.0725. The van der Waals surface area contributed by atoms with Crippen molar-refractivity contribution in [1.82, 2.24) is 29.6 Å². The Morgan fingerprint density at radius 2 is 1.81 bits per heavy atom. The van der Waals surface area contributed by atoms with Gasteiger partial charge in [-0.15, -0.1) is 0 Å². The Kier molecular flexibility index (Phi) is 8.03. The number of halogens is 6.